The van der Waals surface area contributed by atoms with Crippen LogP contribution in [0.5, 0.6) is 5.75 Å². The number of anilines is 1. The normalized spacial score (nSPS) is 18.8. The molecule has 0 atom stereocenters. The van der Waals surface area contributed by atoms with Gasteiger partial charge in [-0.25, -0.2) is 4.79 Å². The average molecular weight is 380 g/mol. The minimum Gasteiger partial charge on any atom is -0.495 e. The van der Waals surface area contributed by atoms with Gasteiger partial charge in [0.1, 0.15) is 17.8 Å². The number of aryl methyl sites for hydroxylation is 1. The maximum Gasteiger partial charge on any atom is 0.325 e. The Hall–Kier alpha value is -2.28. The van der Waals surface area contributed by atoms with Gasteiger partial charge in [0, 0.05) is 11.1 Å². The largest absolute Gasteiger partial charge is 0.495 e. The molecule has 0 aromatic heterocycles. The number of nitrogens with one attached hydrogen (secondary N) is 2. The third kappa shape index (κ3) is 3.35. The highest BCUT2D eigenvalue weighted by Gasteiger charge is 2.51. The molecule has 26 heavy (non-hydrogen) atoms. The van der Waals surface area contributed by atoms with E-state index in [1.54, 1.807) is 12.1 Å². The van der Waals surface area contributed by atoms with Gasteiger partial charge >= 0.3 is 6.03 Å². The average Bonchev–Trinajstić information content (AvgIpc) is 2.82. The van der Waals surface area contributed by atoms with Gasteiger partial charge in [0.2, 0.25) is 5.91 Å². The van der Waals surface area contributed by atoms with E-state index in [2.05, 4.69) is 10.6 Å². The molecule has 1 aliphatic carbocycles. The Morgan fingerprint density at radius 2 is 2.00 bits per heavy atom. The molecule has 1 spiro atoms. The molecule has 1 aliphatic heterocycles. The molecule has 2 fully saturated rings. The molecule has 1 saturated carbocycles. The molecule has 2 N–H and O–H groups in total. The van der Waals surface area contributed by atoms with Gasteiger partial charge in [-0.2, -0.15) is 0 Å². The zero-order valence-corrected chi connectivity index (χ0v) is 15.6. The highest BCUT2D eigenvalue weighted by Crippen LogP contribution is 2.34. The Labute approximate surface area is 157 Å². The van der Waals surface area contributed by atoms with E-state index in [1.165, 1.54) is 7.11 Å². The summed E-state index contributed by atoms with van der Waals surface area (Å²) < 4.78 is 5.23. The molecule has 1 heterocycles. The zero-order valence-electron chi connectivity index (χ0n) is 14.9. The van der Waals surface area contributed by atoms with Crippen LogP contribution in [0.4, 0.5) is 10.5 Å². The quantitative estimate of drug-likeness (QED) is 0.787. The molecular formula is C18H22ClN3O4. The molecule has 4 amide bonds. The first-order valence-electron chi connectivity index (χ1n) is 8.64. The number of hydrogen-bond donors (Lipinski definition) is 2. The molecule has 0 bridgehead atoms. The van der Waals surface area contributed by atoms with Crippen LogP contribution in [0.15, 0.2) is 12.1 Å². The number of methoxy groups -OCH3 is 1. The zero-order chi connectivity index (χ0) is 18.9. The van der Waals surface area contributed by atoms with Gasteiger partial charge in [-0.05, 0) is 31.4 Å². The lowest BCUT2D eigenvalue weighted by molar-refractivity contribution is -0.134. The number of rotatable bonds is 4. The first-order chi connectivity index (χ1) is 12.4. The van der Waals surface area contributed by atoms with E-state index in [9.17, 15) is 14.4 Å². The van der Waals surface area contributed by atoms with Crippen molar-refractivity contribution in [2.24, 2.45) is 0 Å². The molecule has 2 aliphatic rings. The number of ether oxygens (including phenoxy) is 1. The fourth-order valence-electron chi connectivity index (χ4n) is 3.58. The maximum atomic E-state index is 12.7. The van der Waals surface area contributed by atoms with Gasteiger partial charge in [-0.3, -0.25) is 14.5 Å². The van der Waals surface area contributed by atoms with Crippen molar-refractivity contribution in [3.8, 4) is 5.75 Å². The van der Waals surface area contributed by atoms with Crippen LogP contribution in [-0.4, -0.2) is 41.9 Å². The van der Waals surface area contributed by atoms with E-state index in [-0.39, 0.29) is 12.5 Å². The Kier molecular flexibility index (Phi) is 5.09. The molecule has 8 heteroatoms. The second-order valence-electron chi connectivity index (χ2n) is 6.81. The monoisotopic (exact) mass is 379 g/mol. The van der Waals surface area contributed by atoms with E-state index in [0.29, 0.717) is 29.3 Å². The molecule has 7 nitrogen and oxygen atoms in total. The Morgan fingerprint density at radius 3 is 2.65 bits per heavy atom. The van der Waals surface area contributed by atoms with Gasteiger partial charge in [-0.15, -0.1) is 0 Å². The highest BCUT2D eigenvalue weighted by atomic mass is 35.5. The summed E-state index contributed by atoms with van der Waals surface area (Å²) >= 11 is 6.06. The van der Waals surface area contributed by atoms with E-state index >= 15 is 0 Å². The predicted molar refractivity (Wildman–Crippen MR) is 97.4 cm³/mol. The van der Waals surface area contributed by atoms with Crippen LogP contribution in [0, 0.1) is 6.92 Å². The van der Waals surface area contributed by atoms with Crippen LogP contribution < -0.4 is 15.4 Å². The summed E-state index contributed by atoms with van der Waals surface area (Å²) in [7, 11) is 1.47. The molecule has 140 valence electrons. The van der Waals surface area contributed by atoms with Crippen molar-refractivity contribution in [1.82, 2.24) is 10.2 Å². The molecule has 1 aromatic rings. The highest BCUT2D eigenvalue weighted by molar-refractivity contribution is 6.31. The number of nitrogens with zero attached hydrogens (tertiary/aromatic N) is 1. The van der Waals surface area contributed by atoms with Gasteiger partial charge in [0.05, 0.1) is 12.8 Å². The molecule has 0 unspecified atom stereocenters. The molecule has 1 aromatic carbocycles. The van der Waals surface area contributed by atoms with Gasteiger partial charge < -0.3 is 15.4 Å². The second kappa shape index (κ2) is 7.15. The lowest BCUT2D eigenvalue weighted by Gasteiger charge is -2.30. The Bertz CT molecular complexity index is 759. The number of imide groups is 1. The summed E-state index contributed by atoms with van der Waals surface area (Å²) in [6, 6.07) is 2.79. The minimum atomic E-state index is -0.829. The molecule has 0 radical (unpaired) electrons. The first-order valence-corrected chi connectivity index (χ1v) is 9.02. The summed E-state index contributed by atoms with van der Waals surface area (Å²) in [5, 5.41) is 6.01. The van der Waals surface area contributed by atoms with Crippen molar-refractivity contribution >= 4 is 35.1 Å². The lowest BCUT2D eigenvalue weighted by atomic mass is 9.82. The summed E-state index contributed by atoms with van der Waals surface area (Å²) in [5.74, 6) is -0.368. The Balaban J connectivity index is 1.71. The van der Waals surface area contributed by atoms with Crippen LogP contribution in [0.25, 0.3) is 0 Å². The second-order valence-corrected chi connectivity index (χ2v) is 7.22. The smallest absolute Gasteiger partial charge is 0.325 e. The number of urea groups is 1. The maximum absolute atomic E-state index is 12.7. The van der Waals surface area contributed by atoms with Crippen molar-refractivity contribution in [1.29, 1.82) is 0 Å². The molecule has 1 saturated heterocycles. The third-order valence-corrected chi connectivity index (χ3v) is 5.42. The minimum absolute atomic E-state index is 0.309. The van der Waals surface area contributed by atoms with E-state index in [4.69, 9.17) is 16.3 Å². The van der Waals surface area contributed by atoms with Crippen molar-refractivity contribution in [2.45, 2.75) is 44.6 Å². The SMILES string of the molecule is COc1cc(Cl)c(C)cc1NC(=O)CN1C(=O)NC2(CCCCC2)C1=O. The van der Waals surface area contributed by atoms with Crippen molar-refractivity contribution in [2.75, 3.05) is 19.0 Å². The number of carbonyl (C=O) groups excluding carboxylic acids is 3. The van der Waals surface area contributed by atoms with Crippen LogP contribution in [-0.2, 0) is 9.59 Å². The fraction of sp³-hybridized carbons (Fsp3) is 0.500. The van der Waals surface area contributed by atoms with Crippen LogP contribution in [0.1, 0.15) is 37.7 Å². The van der Waals surface area contributed by atoms with E-state index in [1.807, 2.05) is 6.92 Å². The van der Waals surface area contributed by atoms with Crippen LogP contribution >= 0.6 is 11.6 Å². The summed E-state index contributed by atoms with van der Waals surface area (Å²) in [6.45, 7) is 1.47. The van der Waals surface area contributed by atoms with Crippen molar-refractivity contribution < 1.29 is 19.1 Å². The molecule has 3 rings (SSSR count). The van der Waals surface area contributed by atoms with E-state index < -0.39 is 17.5 Å². The molecular weight excluding hydrogens is 358 g/mol. The Morgan fingerprint density at radius 1 is 1.31 bits per heavy atom. The lowest BCUT2D eigenvalue weighted by Crippen LogP contribution is -2.48. The standard InChI is InChI=1S/C18H22ClN3O4/c1-11-8-13(14(26-2)9-12(11)19)20-15(23)10-22-16(24)18(21-17(22)25)6-4-3-5-7-18/h8-9H,3-7,10H2,1-2H3,(H,20,23)(H,21,25). The predicted octanol–water partition coefficient (Wildman–Crippen LogP) is 2.85. The van der Waals surface area contributed by atoms with Gasteiger partial charge in [0.25, 0.3) is 5.91 Å². The van der Waals surface area contributed by atoms with Crippen molar-refractivity contribution in [3.05, 3.63) is 22.7 Å². The topological polar surface area (TPSA) is 87.7 Å². The van der Waals surface area contributed by atoms with Crippen LogP contribution in [0.3, 0.4) is 0 Å². The first kappa shape index (κ1) is 18.5. The van der Waals surface area contributed by atoms with Crippen molar-refractivity contribution in [3.63, 3.8) is 0 Å². The summed E-state index contributed by atoms with van der Waals surface area (Å²) in [5.41, 5.74) is 0.391. The van der Waals surface area contributed by atoms with Gasteiger partial charge in [0.15, 0.2) is 0 Å². The fourth-order valence-corrected chi connectivity index (χ4v) is 3.73. The third-order valence-electron chi connectivity index (χ3n) is 5.01. The number of hydrogen-bond acceptors (Lipinski definition) is 4. The number of benzene rings is 1. The summed E-state index contributed by atoms with van der Waals surface area (Å²) in [6.07, 6.45) is 4.10. The number of carbonyl (C=O) groups is 3. The number of halogens is 1. The summed E-state index contributed by atoms with van der Waals surface area (Å²) in [4.78, 5) is 38.4. The van der Waals surface area contributed by atoms with Crippen LogP contribution in [0.2, 0.25) is 5.02 Å². The number of amides is 4. The van der Waals surface area contributed by atoms with E-state index in [0.717, 1.165) is 29.7 Å². The van der Waals surface area contributed by atoms with Gasteiger partial charge in [-0.1, -0.05) is 30.9 Å².